The molecular formula is C14H22N4O. The van der Waals surface area contributed by atoms with Gasteiger partial charge in [0, 0.05) is 26.0 Å². The molecule has 0 unspecified atom stereocenters. The number of primary amides is 1. The van der Waals surface area contributed by atoms with E-state index in [1.165, 1.54) is 12.8 Å². The van der Waals surface area contributed by atoms with Crippen molar-refractivity contribution in [2.75, 3.05) is 38.6 Å². The number of carbonyl (C=O) groups is 1. The maximum absolute atomic E-state index is 11.4. The summed E-state index contributed by atoms with van der Waals surface area (Å²) < 4.78 is 0. The molecule has 0 aromatic carbocycles. The minimum Gasteiger partial charge on any atom is -0.374 e. The number of piperidine rings is 1. The molecule has 1 aliphatic rings. The molecule has 5 heteroatoms. The molecule has 1 fully saturated rings. The van der Waals surface area contributed by atoms with Crippen LogP contribution in [0.15, 0.2) is 18.5 Å². The van der Waals surface area contributed by atoms with Gasteiger partial charge in [0.15, 0.2) is 0 Å². The van der Waals surface area contributed by atoms with Crippen LogP contribution >= 0.6 is 0 Å². The zero-order chi connectivity index (χ0) is 13.8. The van der Waals surface area contributed by atoms with Gasteiger partial charge in [-0.25, -0.2) is 0 Å². The second-order valence-corrected chi connectivity index (χ2v) is 5.38. The Morgan fingerprint density at radius 2 is 2.21 bits per heavy atom. The number of anilines is 1. The van der Waals surface area contributed by atoms with Gasteiger partial charge in [-0.2, -0.15) is 0 Å². The standard InChI is InChI=1S/C14H22N4O/c1-17-7-4-11(5-8-17)10-18(2)13-3-6-16-9-12(13)14(15)19/h3,6,9,11H,4-5,7-8,10H2,1-2H3,(H2,15,19). The topological polar surface area (TPSA) is 62.5 Å². The zero-order valence-electron chi connectivity index (χ0n) is 11.7. The molecule has 104 valence electrons. The first-order valence-corrected chi connectivity index (χ1v) is 6.71. The average molecular weight is 262 g/mol. The predicted molar refractivity (Wildman–Crippen MR) is 76.2 cm³/mol. The van der Waals surface area contributed by atoms with E-state index in [9.17, 15) is 4.79 Å². The highest BCUT2D eigenvalue weighted by Crippen LogP contribution is 2.22. The Hall–Kier alpha value is -1.62. The van der Waals surface area contributed by atoms with Crippen molar-refractivity contribution in [2.24, 2.45) is 11.7 Å². The van der Waals surface area contributed by atoms with E-state index in [0.29, 0.717) is 11.5 Å². The monoisotopic (exact) mass is 262 g/mol. The average Bonchev–Trinajstić information content (AvgIpc) is 2.41. The number of pyridine rings is 1. The molecule has 1 saturated heterocycles. The lowest BCUT2D eigenvalue weighted by Crippen LogP contribution is -2.36. The summed E-state index contributed by atoms with van der Waals surface area (Å²) in [7, 11) is 4.17. The Balaban J connectivity index is 2.03. The van der Waals surface area contributed by atoms with Crippen molar-refractivity contribution in [3.63, 3.8) is 0 Å². The van der Waals surface area contributed by atoms with Crippen LogP contribution < -0.4 is 10.6 Å². The maximum atomic E-state index is 11.4. The predicted octanol–water partition coefficient (Wildman–Crippen LogP) is 0.959. The molecule has 1 aromatic heterocycles. The van der Waals surface area contributed by atoms with E-state index in [0.717, 1.165) is 25.3 Å². The van der Waals surface area contributed by atoms with Crippen molar-refractivity contribution in [3.8, 4) is 0 Å². The summed E-state index contributed by atoms with van der Waals surface area (Å²) >= 11 is 0. The third-order valence-electron chi connectivity index (χ3n) is 3.84. The first-order valence-electron chi connectivity index (χ1n) is 6.71. The first-order chi connectivity index (χ1) is 9.08. The van der Waals surface area contributed by atoms with E-state index < -0.39 is 5.91 Å². The number of hydrogen-bond acceptors (Lipinski definition) is 4. The van der Waals surface area contributed by atoms with E-state index in [2.05, 4.69) is 21.8 Å². The highest BCUT2D eigenvalue weighted by molar-refractivity contribution is 5.98. The number of amides is 1. The first kappa shape index (κ1) is 13.8. The molecule has 0 atom stereocenters. The largest absolute Gasteiger partial charge is 0.374 e. The maximum Gasteiger partial charge on any atom is 0.252 e. The number of aromatic nitrogens is 1. The Labute approximate surface area is 114 Å². The highest BCUT2D eigenvalue weighted by Gasteiger charge is 2.20. The van der Waals surface area contributed by atoms with Gasteiger partial charge in [-0.05, 0) is 45.0 Å². The van der Waals surface area contributed by atoms with Crippen LogP contribution in [0.5, 0.6) is 0 Å². The molecule has 0 aliphatic carbocycles. The van der Waals surface area contributed by atoms with Gasteiger partial charge in [-0.1, -0.05) is 0 Å². The molecule has 2 heterocycles. The van der Waals surface area contributed by atoms with Crippen LogP contribution in [0.4, 0.5) is 5.69 Å². The number of rotatable bonds is 4. The Morgan fingerprint density at radius 1 is 1.53 bits per heavy atom. The highest BCUT2D eigenvalue weighted by atomic mass is 16.1. The molecule has 0 saturated carbocycles. The fourth-order valence-electron chi connectivity index (χ4n) is 2.64. The van der Waals surface area contributed by atoms with Gasteiger partial charge < -0.3 is 15.5 Å². The normalized spacial score (nSPS) is 17.4. The second-order valence-electron chi connectivity index (χ2n) is 5.38. The summed E-state index contributed by atoms with van der Waals surface area (Å²) in [4.78, 5) is 19.9. The van der Waals surface area contributed by atoms with Crippen molar-refractivity contribution in [3.05, 3.63) is 24.0 Å². The lowest BCUT2D eigenvalue weighted by Gasteiger charge is -2.32. The lowest BCUT2D eigenvalue weighted by atomic mass is 9.96. The summed E-state index contributed by atoms with van der Waals surface area (Å²) in [6, 6.07) is 1.86. The van der Waals surface area contributed by atoms with Gasteiger partial charge in [0.1, 0.15) is 0 Å². The number of nitrogens with zero attached hydrogens (tertiary/aromatic N) is 3. The minimum absolute atomic E-state index is 0.418. The minimum atomic E-state index is -0.418. The smallest absolute Gasteiger partial charge is 0.252 e. The van der Waals surface area contributed by atoms with E-state index >= 15 is 0 Å². The molecule has 1 aromatic rings. The van der Waals surface area contributed by atoms with Crippen molar-refractivity contribution in [2.45, 2.75) is 12.8 Å². The number of nitrogens with two attached hydrogens (primary N) is 1. The third kappa shape index (κ3) is 3.44. The third-order valence-corrected chi connectivity index (χ3v) is 3.84. The Bertz CT molecular complexity index is 441. The summed E-state index contributed by atoms with van der Waals surface area (Å²) in [6.07, 6.45) is 5.66. The Morgan fingerprint density at radius 3 is 2.84 bits per heavy atom. The van der Waals surface area contributed by atoms with Crippen LogP contribution in [0, 0.1) is 5.92 Å². The SMILES string of the molecule is CN1CCC(CN(C)c2ccncc2C(N)=O)CC1. The van der Waals surface area contributed by atoms with E-state index in [1.54, 1.807) is 12.4 Å². The van der Waals surface area contributed by atoms with E-state index in [4.69, 9.17) is 5.73 Å². The van der Waals surface area contributed by atoms with Gasteiger partial charge in [0.2, 0.25) is 0 Å². The van der Waals surface area contributed by atoms with Gasteiger partial charge in [0.25, 0.3) is 5.91 Å². The van der Waals surface area contributed by atoms with Crippen LogP contribution in [0.3, 0.4) is 0 Å². The Kier molecular flexibility index (Phi) is 4.37. The molecule has 0 bridgehead atoms. The molecule has 0 spiro atoms. The molecular weight excluding hydrogens is 240 g/mol. The summed E-state index contributed by atoms with van der Waals surface area (Å²) in [5.74, 6) is 0.258. The van der Waals surface area contributed by atoms with Gasteiger partial charge >= 0.3 is 0 Å². The second kappa shape index (κ2) is 6.02. The number of likely N-dealkylation sites (tertiary alicyclic amines) is 1. The van der Waals surface area contributed by atoms with E-state index in [-0.39, 0.29) is 0 Å². The lowest BCUT2D eigenvalue weighted by molar-refractivity contribution is 0.100. The molecule has 19 heavy (non-hydrogen) atoms. The molecule has 5 nitrogen and oxygen atoms in total. The number of hydrogen-bond donors (Lipinski definition) is 1. The summed E-state index contributed by atoms with van der Waals surface area (Å²) in [6.45, 7) is 3.26. The van der Waals surface area contributed by atoms with Crippen LogP contribution in [0.25, 0.3) is 0 Å². The molecule has 1 amide bonds. The van der Waals surface area contributed by atoms with Crippen molar-refractivity contribution in [1.29, 1.82) is 0 Å². The van der Waals surface area contributed by atoms with Crippen LogP contribution in [0.1, 0.15) is 23.2 Å². The van der Waals surface area contributed by atoms with Gasteiger partial charge in [0.05, 0.1) is 11.3 Å². The number of carbonyl (C=O) groups excluding carboxylic acids is 1. The molecule has 2 rings (SSSR count). The molecule has 1 aliphatic heterocycles. The summed E-state index contributed by atoms with van der Waals surface area (Å²) in [5.41, 5.74) is 6.77. The van der Waals surface area contributed by atoms with Gasteiger partial charge in [-0.15, -0.1) is 0 Å². The van der Waals surface area contributed by atoms with Crippen LogP contribution in [-0.4, -0.2) is 49.5 Å². The molecule has 2 N–H and O–H groups in total. The van der Waals surface area contributed by atoms with E-state index in [1.807, 2.05) is 13.1 Å². The summed E-state index contributed by atoms with van der Waals surface area (Å²) in [5, 5.41) is 0. The van der Waals surface area contributed by atoms with Crippen molar-refractivity contribution in [1.82, 2.24) is 9.88 Å². The van der Waals surface area contributed by atoms with Crippen LogP contribution in [0.2, 0.25) is 0 Å². The zero-order valence-corrected chi connectivity index (χ0v) is 11.7. The van der Waals surface area contributed by atoms with Crippen molar-refractivity contribution < 1.29 is 4.79 Å². The van der Waals surface area contributed by atoms with Crippen molar-refractivity contribution >= 4 is 11.6 Å². The fourth-order valence-corrected chi connectivity index (χ4v) is 2.64. The molecule has 0 radical (unpaired) electrons. The quantitative estimate of drug-likeness (QED) is 0.878. The van der Waals surface area contributed by atoms with Gasteiger partial charge in [-0.3, -0.25) is 9.78 Å². The fraction of sp³-hybridized carbons (Fsp3) is 0.571. The van der Waals surface area contributed by atoms with Crippen LogP contribution in [-0.2, 0) is 0 Å².